The van der Waals surface area contributed by atoms with Gasteiger partial charge in [0.2, 0.25) is 5.91 Å². The molecule has 0 aromatic heterocycles. The summed E-state index contributed by atoms with van der Waals surface area (Å²) in [6, 6.07) is 6.97. The van der Waals surface area contributed by atoms with E-state index >= 15 is 0 Å². The molecule has 1 saturated carbocycles. The van der Waals surface area contributed by atoms with E-state index in [0.29, 0.717) is 30.9 Å². The average Bonchev–Trinajstić information content (AvgIpc) is 3.06. The van der Waals surface area contributed by atoms with Crippen LogP contribution in [0.25, 0.3) is 0 Å². The predicted octanol–water partition coefficient (Wildman–Crippen LogP) is 2.64. The van der Waals surface area contributed by atoms with Crippen LogP contribution in [0, 0.1) is 10.8 Å². The maximum absolute atomic E-state index is 13.4. The zero-order valence-corrected chi connectivity index (χ0v) is 17.9. The largest absolute Gasteiger partial charge is 0.493 e. The van der Waals surface area contributed by atoms with Crippen molar-refractivity contribution in [2.24, 2.45) is 10.8 Å². The van der Waals surface area contributed by atoms with Gasteiger partial charge in [0, 0.05) is 24.6 Å². The van der Waals surface area contributed by atoms with E-state index in [9.17, 15) is 14.4 Å². The van der Waals surface area contributed by atoms with Gasteiger partial charge in [-0.3, -0.25) is 14.5 Å². The number of para-hydroxylation sites is 1. The first-order valence-corrected chi connectivity index (χ1v) is 10.8. The summed E-state index contributed by atoms with van der Waals surface area (Å²) in [4.78, 5) is 42.5. The standard InChI is InChI=1S/C23H29N3O4/c1-21(2)10-15-11-22(3,13-21)14-26(15)18(27)12-25-19(28)23(24-20(25)29)8-9-30-17-7-5-4-6-16(17)23/h4-7,15H,8-14H2,1-3H3,(H,24,29)/t15-,22-,23-/m1/s1. The predicted molar refractivity (Wildman–Crippen MR) is 110 cm³/mol. The maximum Gasteiger partial charge on any atom is 0.325 e. The highest BCUT2D eigenvalue weighted by molar-refractivity contribution is 6.09. The first-order chi connectivity index (χ1) is 14.1. The highest BCUT2D eigenvalue weighted by Crippen LogP contribution is 2.52. The number of ether oxygens (including phenoxy) is 1. The number of urea groups is 1. The molecule has 1 aromatic carbocycles. The number of nitrogens with one attached hydrogen (secondary N) is 1. The first-order valence-electron chi connectivity index (χ1n) is 10.8. The minimum absolute atomic E-state index is 0.111. The summed E-state index contributed by atoms with van der Waals surface area (Å²) >= 11 is 0. The van der Waals surface area contributed by atoms with Gasteiger partial charge in [0.25, 0.3) is 5.91 Å². The van der Waals surface area contributed by atoms with Gasteiger partial charge < -0.3 is 15.0 Å². The molecule has 2 saturated heterocycles. The third-order valence-corrected chi connectivity index (χ3v) is 7.29. The van der Waals surface area contributed by atoms with Gasteiger partial charge in [-0.15, -0.1) is 0 Å². The topological polar surface area (TPSA) is 79.0 Å². The van der Waals surface area contributed by atoms with E-state index < -0.39 is 11.6 Å². The van der Waals surface area contributed by atoms with E-state index in [1.54, 1.807) is 6.07 Å². The summed E-state index contributed by atoms with van der Waals surface area (Å²) in [7, 11) is 0. The Morgan fingerprint density at radius 1 is 1.20 bits per heavy atom. The van der Waals surface area contributed by atoms with Crippen molar-refractivity contribution in [3.8, 4) is 5.75 Å². The van der Waals surface area contributed by atoms with Crippen LogP contribution < -0.4 is 10.1 Å². The van der Waals surface area contributed by atoms with Gasteiger partial charge in [0.05, 0.1) is 6.61 Å². The number of hydrogen-bond acceptors (Lipinski definition) is 4. The smallest absolute Gasteiger partial charge is 0.325 e. The molecule has 0 radical (unpaired) electrons. The molecule has 2 bridgehead atoms. The van der Waals surface area contributed by atoms with Crippen LogP contribution in [0.4, 0.5) is 4.79 Å². The van der Waals surface area contributed by atoms with Gasteiger partial charge in [0.1, 0.15) is 12.3 Å². The molecule has 4 aliphatic rings. The molecule has 3 aliphatic heterocycles. The summed E-state index contributed by atoms with van der Waals surface area (Å²) in [5.41, 5.74) is -0.166. The van der Waals surface area contributed by atoms with Crippen LogP contribution in [-0.4, -0.2) is 53.4 Å². The maximum atomic E-state index is 13.4. The molecule has 7 nitrogen and oxygen atoms in total. The summed E-state index contributed by atoms with van der Waals surface area (Å²) in [6.07, 6.45) is 3.40. The third kappa shape index (κ3) is 2.81. The van der Waals surface area contributed by atoms with E-state index in [4.69, 9.17) is 4.74 Å². The van der Waals surface area contributed by atoms with E-state index in [1.807, 2.05) is 23.1 Å². The van der Waals surface area contributed by atoms with Crippen molar-refractivity contribution in [3.05, 3.63) is 29.8 Å². The fourth-order valence-corrected chi connectivity index (χ4v) is 6.49. The molecule has 1 aromatic rings. The number of hydrogen-bond donors (Lipinski definition) is 1. The molecule has 1 N–H and O–H groups in total. The minimum atomic E-state index is -1.14. The van der Waals surface area contributed by atoms with Gasteiger partial charge >= 0.3 is 6.03 Å². The molecular weight excluding hydrogens is 382 g/mol. The van der Waals surface area contributed by atoms with Crippen molar-refractivity contribution in [2.45, 2.75) is 58.0 Å². The Kier molecular flexibility index (Phi) is 4.02. The number of likely N-dealkylation sites (tertiary alicyclic amines) is 1. The normalized spacial score (nSPS) is 34.0. The van der Waals surface area contributed by atoms with Crippen LogP contribution in [0.5, 0.6) is 5.75 Å². The second-order valence-electron chi connectivity index (χ2n) is 10.6. The SMILES string of the molecule is CC1(C)C[C@@H]2C[C@@](C)(CN2C(=O)CN2C(=O)N[C@@]3(CCOc4ccccc43)C2=O)C1. The fourth-order valence-electron chi connectivity index (χ4n) is 6.49. The molecular formula is C23H29N3O4. The molecule has 4 amide bonds. The number of benzene rings is 1. The van der Waals surface area contributed by atoms with Crippen molar-refractivity contribution >= 4 is 17.8 Å². The summed E-state index contributed by atoms with van der Waals surface area (Å²) in [5, 5.41) is 2.87. The first kappa shape index (κ1) is 19.4. The van der Waals surface area contributed by atoms with Crippen LogP contribution in [0.2, 0.25) is 0 Å². The lowest BCUT2D eigenvalue weighted by atomic mass is 9.65. The Morgan fingerprint density at radius 3 is 2.77 bits per heavy atom. The van der Waals surface area contributed by atoms with Crippen molar-refractivity contribution in [1.82, 2.24) is 15.1 Å². The fraction of sp³-hybridized carbons (Fsp3) is 0.609. The molecule has 3 atom stereocenters. The molecule has 5 rings (SSSR count). The van der Waals surface area contributed by atoms with Crippen LogP contribution in [0.3, 0.4) is 0 Å². The number of fused-ring (bicyclic) bond motifs is 4. The molecule has 3 heterocycles. The van der Waals surface area contributed by atoms with Gasteiger partial charge in [-0.1, -0.05) is 39.0 Å². The van der Waals surface area contributed by atoms with E-state index in [0.717, 1.165) is 24.2 Å². The van der Waals surface area contributed by atoms with Crippen molar-refractivity contribution < 1.29 is 19.1 Å². The van der Waals surface area contributed by atoms with Crippen LogP contribution in [0.1, 0.15) is 52.0 Å². The Balaban J connectivity index is 1.38. The molecule has 30 heavy (non-hydrogen) atoms. The summed E-state index contributed by atoms with van der Waals surface area (Å²) in [5.74, 6) is 0.113. The average molecular weight is 412 g/mol. The highest BCUT2D eigenvalue weighted by Gasteiger charge is 2.56. The van der Waals surface area contributed by atoms with Gasteiger partial charge in [0.15, 0.2) is 5.54 Å². The molecule has 0 unspecified atom stereocenters. The summed E-state index contributed by atoms with van der Waals surface area (Å²) < 4.78 is 5.67. The summed E-state index contributed by atoms with van der Waals surface area (Å²) in [6.45, 7) is 7.60. The lowest BCUT2D eigenvalue weighted by molar-refractivity contribution is -0.140. The number of nitrogens with zero attached hydrogens (tertiary/aromatic N) is 2. The zero-order valence-electron chi connectivity index (χ0n) is 17.9. The van der Waals surface area contributed by atoms with Crippen LogP contribution in [-0.2, 0) is 15.1 Å². The van der Waals surface area contributed by atoms with Crippen molar-refractivity contribution in [3.63, 3.8) is 0 Å². The monoisotopic (exact) mass is 411 g/mol. The molecule has 7 heteroatoms. The zero-order chi connectivity index (χ0) is 21.3. The van der Waals surface area contributed by atoms with Crippen molar-refractivity contribution in [2.75, 3.05) is 19.7 Å². The number of carbonyl (C=O) groups excluding carboxylic acids is 3. The number of imide groups is 1. The lowest BCUT2D eigenvalue weighted by Crippen LogP contribution is -2.48. The second kappa shape index (κ2) is 6.22. The van der Waals surface area contributed by atoms with Gasteiger partial charge in [-0.05, 0) is 36.2 Å². The quantitative estimate of drug-likeness (QED) is 0.759. The molecule has 1 spiro atoms. The molecule has 3 fully saturated rings. The van der Waals surface area contributed by atoms with E-state index in [-0.39, 0.29) is 35.2 Å². The van der Waals surface area contributed by atoms with Crippen LogP contribution in [0.15, 0.2) is 24.3 Å². The minimum Gasteiger partial charge on any atom is -0.493 e. The Bertz CT molecular complexity index is 944. The molecule has 1 aliphatic carbocycles. The number of rotatable bonds is 2. The van der Waals surface area contributed by atoms with Gasteiger partial charge in [-0.25, -0.2) is 4.79 Å². The Hall–Kier alpha value is -2.57. The second-order valence-corrected chi connectivity index (χ2v) is 10.6. The van der Waals surface area contributed by atoms with E-state index in [1.165, 1.54) is 0 Å². The lowest BCUT2D eigenvalue weighted by Gasteiger charge is -2.39. The third-order valence-electron chi connectivity index (χ3n) is 7.29. The van der Waals surface area contributed by atoms with Crippen LogP contribution >= 0.6 is 0 Å². The van der Waals surface area contributed by atoms with Gasteiger partial charge in [-0.2, -0.15) is 0 Å². The van der Waals surface area contributed by atoms with Crippen molar-refractivity contribution in [1.29, 1.82) is 0 Å². The highest BCUT2D eigenvalue weighted by atomic mass is 16.5. The number of carbonyl (C=O) groups is 3. The molecule has 160 valence electrons. The van der Waals surface area contributed by atoms with E-state index in [2.05, 4.69) is 26.1 Å². The number of amides is 4. The Labute approximate surface area is 176 Å². The Morgan fingerprint density at radius 2 is 1.97 bits per heavy atom.